The van der Waals surface area contributed by atoms with E-state index in [1.165, 1.54) is 0 Å². The van der Waals surface area contributed by atoms with Gasteiger partial charge in [0.15, 0.2) is 0 Å². The van der Waals surface area contributed by atoms with Crippen LogP contribution in [0, 0.1) is 31.6 Å². The Morgan fingerprint density at radius 1 is 0.652 bits per heavy atom. The van der Waals surface area contributed by atoms with Gasteiger partial charge in [0, 0.05) is 5.92 Å². The Hall–Kier alpha value is -2.34. The minimum atomic E-state index is 0.987. The van der Waals surface area contributed by atoms with Crippen LogP contribution >= 0.6 is 0 Å². The number of rotatable bonds is 5. The first-order valence-corrected chi connectivity index (χ1v) is 7.68. The van der Waals surface area contributed by atoms with Gasteiger partial charge in [0.25, 0.3) is 0 Å². The maximum absolute atomic E-state index is 4.32. The van der Waals surface area contributed by atoms with Crippen LogP contribution in [0.3, 0.4) is 0 Å². The summed E-state index contributed by atoms with van der Waals surface area (Å²) in [7, 11) is 0. The van der Waals surface area contributed by atoms with E-state index in [9.17, 15) is 0 Å². The summed E-state index contributed by atoms with van der Waals surface area (Å²) in [5, 5.41) is 0. The smallest absolute Gasteiger partial charge is 0.00564 e. The second kappa shape index (κ2) is 7.28. The van der Waals surface area contributed by atoms with Gasteiger partial charge in [0.05, 0.1) is 0 Å². The van der Waals surface area contributed by atoms with Crippen molar-refractivity contribution in [1.82, 2.24) is 0 Å². The largest absolute Gasteiger partial charge is 0.0905 e. The average Bonchev–Trinajstić information content (AvgIpc) is 3.13. The molecule has 5 radical (unpaired) electrons. The molecule has 111 valence electrons. The van der Waals surface area contributed by atoms with Gasteiger partial charge in [0.2, 0.25) is 0 Å². The van der Waals surface area contributed by atoms with Crippen LogP contribution in [0.15, 0.2) is 85.5 Å². The van der Waals surface area contributed by atoms with E-state index in [0.717, 1.165) is 33.8 Å². The van der Waals surface area contributed by atoms with Crippen LogP contribution in [0.2, 0.25) is 0 Å². The highest BCUT2D eigenvalue weighted by Gasteiger charge is 2.18. The minimum Gasteiger partial charge on any atom is -0.0905 e. The Kier molecular flexibility index (Phi) is 4.92. The van der Waals surface area contributed by atoms with Gasteiger partial charge in [-0.1, -0.05) is 79.9 Å². The molecule has 0 N–H and O–H groups in total. The van der Waals surface area contributed by atoms with Crippen molar-refractivity contribution in [2.45, 2.75) is 0 Å². The Morgan fingerprint density at radius 3 is 1.52 bits per heavy atom. The first-order chi connectivity index (χ1) is 11.3. The molecule has 1 aliphatic rings. The number of hydrogen-bond donors (Lipinski definition) is 0. The molecular weight excluding hydrogens is 276 g/mol. The first kappa shape index (κ1) is 15.6. The van der Waals surface area contributed by atoms with Crippen molar-refractivity contribution in [2.24, 2.45) is 0 Å². The fraction of sp³-hybridized carbons (Fsp3) is 0. The Morgan fingerprint density at radius 2 is 1.09 bits per heavy atom. The molecule has 0 unspecified atom stereocenters. The van der Waals surface area contributed by atoms with Crippen molar-refractivity contribution in [1.29, 1.82) is 0 Å². The topological polar surface area (TPSA) is 0 Å². The van der Waals surface area contributed by atoms with E-state index in [2.05, 4.69) is 56.3 Å². The molecule has 1 fully saturated rings. The lowest BCUT2D eigenvalue weighted by atomic mass is 9.87. The summed E-state index contributed by atoms with van der Waals surface area (Å²) >= 11 is 0. The highest BCUT2D eigenvalue weighted by molar-refractivity contribution is 5.97. The molecule has 0 bridgehead atoms. The summed E-state index contributed by atoms with van der Waals surface area (Å²) in [6.07, 6.45) is 10.4. The van der Waals surface area contributed by atoms with Gasteiger partial charge in [-0.15, -0.1) is 0 Å². The third-order valence-electron chi connectivity index (χ3n) is 3.89. The molecule has 0 heterocycles. The van der Waals surface area contributed by atoms with Gasteiger partial charge < -0.3 is 0 Å². The van der Waals surface area contributed by atoms with E-state index in [-0.39, 0.29) is 0 Å². The van der Waals surface area contributed by atoms with E-state index >= 15 is 0 Å². The lowest BCUT2D eigenvalue weighted by Gasteiger charge is -2.16. The Labute approximate surface area is 139 Å². The van der Waals surface area contributed by atoms with Crippen molar-refractivity contribution in [3.63, 3.8) is 0 Å². The Bertz CT molecular complexity index is 645. The van der Waals surface area contributed by atoms with Crippen LogP contribution in [0.4, 0.5) is 0 Å². The number of hydrogen-bond acceptors (Lipinski definition) is 0. The predicted octanol–water partition coefficient (Wildman–Crippen LogP) is 5.74. The molecule has 1 saturated carbocycles. The summed E-state index contributed by atoms with van der Waals surface area (Å²) in [5.74, 6) is 1.16. The van der Waals surface area contributed by atoms with E-state index in [1.807, 2.05) is 49.2 Å². The van der Waals surface area contributed by atoms with Crippen LogP contribution in [0.25, 0.3) is 11.1 Å². The molecule has 2 aromatic rings. The van der Waals surface area contributed by atoms with Gasteiger partial charge in [-0.05, 0) is 53.5 Å². The van der Waals surface area contributed by atoms with E-state index < -0.39 is 0 Å². The molecule has 2 aromatic carbocycles. The normalized spacial score (nSPS) is 14.4. The van der Waals surface area contributed by atoms with Crippen molar-refractivity contribution in [2.75, 3.05) is 0 Å². The van der Waals surface area contributed by atoms with Crippen molar-refractivity contribution >= 4 is 11.1 Å². The fourth-order valence-electron chi connectivity index (χ4n) is 2.60. The molecule has 0 heteroatoms. The molecule has 0 saturated heterocycles. The maximum atomic E-state index is 4.32. The van der Waals surface area contributed by atoms with Crippen molar-refractivity contribution in [3.05, 3.63) is 128 Å². The number of allylic oxidation sites excluding steroid dienone is 4. The Balaban J connectivity index is 1.97. The molecule has 0 aromatic heterocycles. The van der Waals surface area contributed by atoms with Gasteiger partial charge in [-0.25, -0.2) is 0 Å². The molecule has 0 nitrogen and oxygen atoms in total. The van der Waals surface area contributed by atoms with E-state index in [4.69, 9.17) is 0 Å². The molecule has 0 atom stereocenters. The fourth-order valence-corrected chi connectivity index (χ4v) is 2.60. The highest BCUT2D eigenvalue weighted by atomic mass is 14.2. The predicted molar refractivity (Wildman–Crippen MR) is 99.5 cm³/mol. The number of benzene rings is 2. The average molecular weight is 295 g/mol. The third-order valence-corrected chi connectivity index (χ3v) is 3.89. The van der Waals surface area contributed by atoms with Crippen LogP contribution in [0.5, 0.6) is 0 Å². The van der Waals surface area contributed by atoms with Gasteiger partial charge >= 0.3 is 0 Å². The van der Waals surface area contributed by atoms with Gasteiger partial charge in [0.1, 0.15) is 0 Å². The molecule has 0 spiro atoms. The first-order valence-electron chi connectivity index (χ1n) is 7.68. The SMILES string of the molecule is C=C(C(=C[C]1[CH][CH][CH][CH]1)C(=C)c1ccccc1)c1ccccc1. The standard InChI is InChI=1S/C23H19/c1-18(21-13-5-3-6-14-21)23(17-20-11-9-10-12-20)19(2)22-15-7-4-8-16-22/h3-17H,1-2H2. The minimum absolute atomic E-state index is 0.987. The molecular formula is C23H19. The van der Waals surface area contributed by atoms with Crippen LogP contribution in [0.1, 0.15) is 11.1 Å². The van der Waals surface area contributed by atoms with Crippen molar-refractivity contribution < 1.29 is 0 Å². The molecule has 0 aliphatic heterocycles. The summed E-state index contributed by atoms with van der Waals surface area (Å²) in [6.45, 7) is 8.65. The second-order valence-corrected chi connectivity index (χ2v) is 5.47. The molecule has 1 aliphatic carbocycles. The lowest BCUT2D eigenvalue weighted by molar-refractivity contribution is 1.36. The zero-order valence-corrected chi connectivity index (χ0v) is 13.1. The lowest BCUT2D eigenvalue weighted by Crippen LogP contribution is -1.97. The van der Waals surface area contributed by atoms with Crippen molar-refractivity contribution in [3.8, 4) is 0 Å². The van der Waals surface area contributed by atoms with Crippen LogP contribution in [-0.2, 0) is 0 Å². The quantitative estimate of drug-likeness (QED) is 0.617. The molecule has 3 rings (SSSR count). The van der Waals surface area contributed by atoms with Gasteiger partial charge in [-0.2, -0.15) is 0 Å². The molecule has 23 heavy (non-hydrogen) atoms. The second-order valence-electron chi connectivity index (χ2n) is 5.47. The van der Waals surface area contributed by atoms with Gasteiger partial charge in [-0.3, -0.25) is 0 Å². The molecule has 0 amide bonds. The third kappa shape index (κ3) is 3.71. The maximum Gasteiger partial charge on any atom is 0.00564 e. The van der Waals surface area contributed by atoms with Crippen LogP contribution < -0.4 is 0 Å². The van der Waals surface area contributed by atoms with E-state index in [0.29, 0.717) is 0 Å². The highest BCUT2D eigenvalue weighted by Crippen LogP contribution is 2.36. The summed E-state index contributed by atoms with van der Waals surface area (Å²) in [6, 6.07) is 20.5. The summed E-state index contributed by atoms with van der Waals surface area (Å²) in [4.78, 5) is 0. The zero-order chi connectivity index (χ0) is 16.1. The van der Waals surface area contributed by atoms with Crippen LogP contribution in [-0.4, -0.2) is 0 Å². The zero-order valence-electron chi connectivity index (χ0n) is 13.1. The van der Waals surface area contributed by atoms with E-state index in [1.54, 1.807) is 0 Å². The monoisotopic (exact) mass is 295 g/mol. The summed E-state index contributed by atoms with van der Waals surface area (Å²) in [5.41, 5.74) is 5.26. The summed E-state index contributed by atoms with van der Waals surface area (Å²) < 4.78 is 0.